The number of anilines is 1. The van der Waals surface area contributed by atoms with Crippen molar-refractivity contribution in [1.29, 1.82) is 5.26 Å². The van der Waals surface area contributed by atoms with E-state index >= 15 is 0 Å². The summed E-state index contributed by atoms with van der Waals surface area (Å²) >= 11 is 1.34. The normalized spacial score (nSPS) is 10.4. The highest BCUT2D eigenvalue weighted by molar-refractivity contribution is 7.14. The Morgan fingerprint density at radius 3 is 2.56 bits per heavy atom. The first-order valence-electron chi connectivity index (χ1n) is 8.27. The number of hydrogen-bond donors (Lipinski definition) is 1. The molecular weight excluding hydrogens is 366 g/mol. The highest BCUT2D eigenvalue weighted by atomic mass is 32.1. The first kappa shape index (κ1) is 20.6. The third kappa shape index (κ3) is 5.12. The summed E-state index contributed by atoms with van der Waals surface area (Å²) in [5, 5.41) is 14.2. The molecule has 0 atom stereocenters. The smallest absolute Gasteiger partial charge is 0.226 e. The van der Waals surface area contributed by atoms with Gasteiger partial charge in [-0.1, -0.05) is 6.07 Å². The van der Waals surface area contributed by atoms with Crippen LogP contribution in [0, 0.1) is 11.3 Å². The molecule has 7 nitrogen and oxygen atoms in total. The Kier molecular flexibility index (Phi) is 7.46. The fourth-order valence-electron chi connectivity index (χ4n) is 2.63. The third-order valence-electron chi connectivity index (χ3n) is 3.99. The summed E-state index contributed by atoms with van der Waals surface area (Å²) in [5.74, 6) is 1.64. The van der Waals surface area contributed by atoms with Crippen LogP contribution in [0.3, 0.4) is 0 Å². The maximum atomic E-state index is 12.1. The molecule has 1 aromatic carbocycles. The van der Waals surface area contributed by atoms with Crippen molar-refractivity contribution >= 4 is 22.2 Å². The lowest BCUT2D eigenvalue weighted by molar-refractivity contribution is -0.116. The largest absolute Gasteiger partial charge is 0.493 e. The van der Waals surface area contributed by atoms with Crippen molar-refractivity contribution in [2.24, 2.45) is 0 Å². The van der Waals surface area contributed by atoms with E-state index in [1.807, 2.05) is 24.1 Å². The summed E-state index contributed by atoms with van der Waals surface area (Å²) < 4.78 is 16.2. The first-order chi connectivity index (χ1) is 13.0. The van der Waals surface area contributed by atoms with Gasteiger partial charge in [0.1, 0.15) is 11.1 Å². The van der Waals surface area contributed by atoms with Gasteiger partial charge in [0.05, 0.1) is 26.9 Å². The number of thiophene rings is 1. The lowest BCUT2D eigenvalue weighted by Gasteiger charge is -2.20. The molecule has 2 rings (SSSR count). The molecule has 1 aromatic heterocycles. The van der Waals surface area contributed by atoms with Gasteiger partial charge in [0.25, 0.3) is 0 Å². The van der Waals surface area contributed by atoms with E-state index in [9.17, 15) is 4.79 Å². The molecule has 2 aromatic rings. The summed E-state index contributed by atoms with van der Waals surface area (Å²) in [4.78, 5) is 14.2. The molecule has 8 heteroatoms. The number of carbonyl (C=O) groups is 1. The Morgan fingerprint density at radius 2 is 1.93 bits per heavy atom. The summed E-state index contributed by atoms with van der Waals surface area (Å²) in [6.07, 6.45) is 0.314. The molecule has 1 amide bonds. The quantitative estimate of drug-likeness (QED) is 0.709. The van der Waals surface area contributed by atoms with Gasteiger partial charge in [0.2, 0.25) is 11.7 Å². The number of nitrogens with one attached hydrogen (secondary N) is 1. The van der Waals surface area contributed by atoms with Crippen LogP contribution in [0.2, 0.25) is 0 Å². The van der Waals surface area contributed by atoms with Crippen molar-refractivity contribution < 1.29 is 19.0 Å². The van der Waals surface area contributed by atoms with E-state index in [0.29, 0.717) is 47.3 Å². The highest BCUT2D eigenvalue weighted by Gasteiger charge is 2.17. The Bertz CT molecular complexity index is 829. The van der Waals surface area contributed by atoms with Crippen LogP contribution in [0.5, 0.6) is 17.2 Å². The number of nitrogens with zero attached hydrogens (tertiary/aromatic N) is 2. The van der Waals surface area contributed by atoms with Crippen molar-refractivity contribution in [2.45, 2.75) is 13.0 Å². The second-order valence-corrected chi connectivity index (χ2v) is 6.72. The molecule has 144 valence electrons. The topological polar surface area (TPSA) is 83.8 Å². The SMILES string of the molecule is COc1ccc(CN(C)CCC(=O)Nc2sccc2C#N)c(OC)c1OC. The number of nitriles is 1. The Labute approximate surface area is 163 Å². The van der Waals surface area contributed by atoms with E-state index in [4.69, 9.17) is 19.5 Å². The van der Waals surface area contributed by atoms with Gasteiger partial charge in [-0.15, -0.1) is 11.3 Å². The maximum absolute atomic E-state index is 12.1. The minimum Gasteiger partial charge on any atom is -0.493 e. The predicted molar refractivity (Wildman–Crippen MR) is 105 cm³/mol. The van der Waals surface area contributed by atoms with Crippen molar-refractivity contribution in [3.63, 3.8) is 0 Å². The van der Waals surface area contributed by atoms with Crippen LogP contribution in [-0.4, -0.2) is 45.7 Å². The molecule has 0 bridgehead atoms. The zero-order chi connectivity index (χ0) is 19.8. The summed E-state index contributed by atoms with van der Waals surface area (Å²) in [6, 6.07) is 7.50. The molecule has 0 aliphatic rings. The highest BCUT2D eigenvalue weighted by Crippen LogP contribution is 2.40. The van der Waals surface area contributed by atoms with E-state index in [1.54, 1.807) is 32.8 Å². The summed E-state index contributed by atoms with van der Waals surface area (Å²) in [5.41, 5.74) is 1.42. The molecule has 0 saturated carbocycles. The molecule has 0 unspecified atom stereocenters. The number of amides is 1. The van der Waals surface area contributed by atoms with E-state index in [0.717, 1.165) is 5.56 Å². The van der Waals surface area contributed by atoms with Crippen molar-refractivity contribution in [3.8, 4) is 23.3 Å². The van der Waals surface area contributed by atoms with E-state index in [1.165, 1.54) is 11.3 Å². The van der Waals surface area contributed by atoms with Crippen LogP contribution in [0.4, 0.5) is 5.00 Å². The van der Waals surface area contributed by atoms with Crippen LogP contribution < -0.4 is 19.5 Å². The average molecular weight is 389 g/mol. The molecule has 1 heterocycles. The summed E-state index contributed by atoms with van der Waals surface area (Å²) in [6.45, 7) is 1.13. The van der Waals surface area contributed by atoms with Crippen molar-refractivity contribution in [2.75, 3.05) is 40.2 Å². The van der Waals surface area contributed by atoms with Gasteiger partial charge >= 0.3 is 0 Å². The second-order valence-electron chi connectivity index (χ2n) is 5.80. The van der Waals surface area contributed by atoms with Gasteiger partial charge < -0.3 is 24.4 Å². The van der Waals surface area contributed by atoms with Crippen LogP contribution in [0.1, 0.15) is 17.5 Å². The molecule has 27 heavy (non-hydrogen) atoms. The van der Waals surface area contributed by atoms with Gasteiger partial charge in [-0.3, -0.25) is 4.79 Å². The van der Waals surface area contributed by atoms with Crippen LogP contribution in [0.15, 0.2) is 23.6 Å². The van der Waals surface area contributed by atoms with Crippen LogP contribution in [-0.2, 0) is 11.3 Å². The van der Waals surface area contributed by atoms with Gasteiger partial charge in [-0.05, 0) is 24.6 Å². The van der Waals surface area contributed by atoms with Crippen molar-refractivity contribution in [1.82, 2.24) is 4.90 Å². The monoisotopic (exact) mass is 389 g/mol. The molecule has 0 radical (unpaired) electrons. The van der Waals surface area contributed by atoms with E-state index < -0.39 is 0 Å². The molecular formula is C19H23N3O4S. The fourth-order valence-corrected chi connectivity index (χ4v) is 3.39. The van der Waals surface area contributed by atoms with Gasteiger partial charge in [0, 0.05) is 25.1 Å². The van der Waals surface area contributed by atoms with E-state index in [2.05, 4.69) is 11.4 Å². The Hall–Kier alpha value is -2.76. The molecule has 0 fully saturated rings. The number of methoxy groups -OCH3 is 3. The number of benzene rings is 1. The minimum absolute atomic E-state index is 0.125. The minimum atomic E-state index is -0.125. The number of hydrogen-bond acceptors (Lipinski definition) is 7. The average Bonchev–Trinajstić information content (AvgIpc) is 3.12. The molecule has 0 spiro atoms. The zero-order valence-corrected chi connectivity index (χ0v) is 16.7. The molecule has 0 saturated heterocycles. The van der Waals surface area contributed by atoms with E-state index in [-0.39, 0.29) is 5.91 Å². The van der Waals surface area contributed by atoms with Crippen LogP contribution in [0.25, 0.3) is 0 Å². The fraction of sp³-hybridized carbons (Fsp3) is 0.368. The molecule has 1 N–H and O–H groups in total. The van der Waals surface area contributed by atoms with Gasteiger partial charge in [0.15, 0.2) is 11.5 Å². The van der Waals surface area contributed by atoms with Crippen molar-refractivity contribution in [3.05, 3.63) is 34.7 Å². The number of carbonyl (C=O) groups excluding carboxylic acids is 1. The zero-order valence-electron chi connectivity index (χ0n) is 15.9. The predicted octanol–water partition coefficient (Wildman–Crippen LogP) is 3.11. The third-order valence-corrected chi connectivity index (χ3v) is 4.82. The Balaban J connectivity index is 1.96. The second kappa shape index (κ2) is 9.80. The standard InChI is InChI=1S/C19H23N3O4S/c1-22(9-7-16(23)21-19-13(11-20)8-10-27-19)12-14-5-6-15(24-2)18(26-4)17(14)25-3/h5-6,8,10H,7,9,12H2,1-4H3,(H,21,23). The maximum Gasteiger partial charge on any atom is 0.226 e. The number of rotatable bonds is 9. The lowest BCUT2D eigenvalue weighted by Crippen LogP contribution is -2.24. The van der Waals surface area contributed by atoms with Gasteiger partial charge in [-0.2, -0.15) is 5.26 Å². The number of ether oxygens (including phenoxy) is 3. The van der Waals surface area contributed by atoms with Gasteiger partial charge in [-0.25, -0.2) is 0 Å². The summed E-state index contributed by atoms with van der Waals surface area (Å²) in [7, 11) is 6.66. The molecule has 0 aliphatic carbocycles. The molecule has 0 aliphatic heterocycles. The first-order valence-corrected chi connectivity index (χ1v) is 9.15. The van der Waals surface area contributed by atoms with Crippen LogP contribution >= 0.6 is 11.3 Å². The Morgan fingerprint density at radius 1 is 1.19 bits per heavy atom. The lowest BCUT2D eigenvalue weighted by atomic mass is 10.1.